The Kier molecular flexibility index (Phi) is 6.01. The fourth-order valence-electron chi connectivity index (χ4n) is 3.40. The van der Waals surface area contributed by atoms with Crippen LogP contribution >= 0.6 is 0 Å². The molecule has 1 atom stereocenters. The van der Waals surface area contributed by atoms with Crippen molar-refractivity contribution in [2.45, 2.75) is 51.1 Å². The molecule has 7 nitrogen and oxygen atoms in total. The predicted octanol–water partition coefficient (Wildman–Crippen LogP) is 4.23. The summed E-state index contributed by atoms with van der Waals surface area (Å²) in [6.45, 7) is 1.88. The molecule has 142 valence electrons. The summed E-state index contributed by atoms with van der Waals surface area (Å²) in [5.74, 6) is -0.255. The molecule has 1 fully saturated rings. The minimum Gasteiger partial charge on any atom is -0.371 e. The van der Waals surface area contributed by atoms with Crippen molar-refractivity contribution in [3.8, 4) is 0 Å². The van der Waals surface area contributed by atoms with Crippen molar-refractivity contribution in [1.29, 1.82) is 0 Å². The Labute approximate surface area is 158 Å². The standard InChI is InChI=1S/C20H24N4O3/c1-14(17-9-5-6-12-21-17)22-18-11-10-15(13-19(18)24(26)27)20(25)23-16-7-3-2-4-8-16/h5-6,9-14,16,22H,2-4,7-8H2,1H3,(H,23,25). The van der Waals surface area contributed by atoms with Crippen LogP contribution in [-0.4, -0.2) is 21.9 Å². The number of carbonyl (C=O) groups is 1. The topological polar surface area (TPSA) is 97.2 Å². The van der Waals surface area contributed by atoms with Crippen LogP contribution in [0.2, 0.25) is 0 Å². The summed E-state index contributed by atoms with van der Waals surface area (Å²) in [4.78, 5) is 27.8. The highest BCUT2D eigenvalue weighted by Crippen LogP contribution is 2.29. The van der Waals surface area contributed by atoms with Crippen LogP contribution in [0.25, 0.3) is 0 Å². The van der Waals surface area contributed by atoms with Crippen LogP contribution in [0.15, 0.2) is 42.6 Å². The van der Waals surface area contributed by atoms with E-state index in [9.17, 15) is 14.9 Å². The van der Waals surface area contributed by atoms with Crippen LogP contribution in [0.4, 0.5) is 11.4 Å². The lowest BCUT2D eigenvalue weighted by atomic mass is 9.95. The summed E-state index contributed by atoms with van der Waals surface area (Å²) in [7, 11) is 0. The van der Waals surface area contributed by atoms with Crippen molar-refractivity contribution in [3.63, 3.8) is 0 Å². The van der Waals surface area contributed by atoms with Gasteiger partial charge in [-0.05, 0) is 44.0 Å². The first kappa shape index (κ1) is 18.8. The van der Waals surface area contributed by atoms with Crippen LogP contribution < -0.4 is 10.6 Å². The van der Waals surface area contributed by atoms with E-state index < -0.39 is 4.92 Å². The highest BCUT2D eigenvalue weighted by molar-refractivity contribution is 5.96. The molecule has 0 saturated heterocycles. The van der Waals surface area contributed by atoms with Gasteiger partial charge in [-0.2, -0.15) is 0 Å². The van der Waals surface area contributed by atoms with Crippen LogP contribution in [0.5, 0.6) is 0 Å². The first-order valence-corrected chi connectivity index (χ1v) is 9.31. The van der Waals surface area contributed by atoms with Crippen molar-refractivity contribution in [2.75, 3.05) is 5.32 Å². The van der Waals surface area contributed by atoms with E-state index in [-0.39, 0.29) is 23.7 Å². The molecule has 0 aliphatic heterocycles. The van der Waals surface area contributed by atoms with Gasteiger partial charge in [-0.1, -0.05) is 25.3 Å². The molecule has 1 heterocycles. The molecule has 3 rings (SSSR count). The first-order chi connectivity index (χ1) is 13.0. The lowest BCUT2D eigenvalue weighted by Gasteiger charge is -2.22. The van der Waals surface area contributed by atoms with E-state index in [1.165, 1.54) is 12.5 Å². The average molecular weight is 368 g/mol. The first-order valence-electron chi connectivity index (χ1n) is 9.31. The van der Waals surface area contributed by atoms with E-state index in [2.05, 4.69) is 15.6 Å². The van der Waals surface area contributed by atoms with E-state index in [1.54, 1.807) is 18.3 Å². The third kappa shape index (κ3) is 4.81. The monoisotopic (exact) mass is 368 g/mol. The number of nitro groups is 1. The maximum Gasteiger partial charge on any atom is 0.293 e. The molecule has 27 heavy (non-hydrogen) atoms. The van der Waals surface area contributed by atoms with Crippen molar-refractivity contribution >= 4 is 17.3 Å². The van der Waals surface area contributed by atoms with Crippen LogP contribution in [0.3, 0.4) is 0 Å². The van der Waals surface area contributed by atoms with Gasteiger partial charge in [0.1, 0.15) is 5.69 Å². The highest BCUT2D eigenvalue weighted by atomic mass is 16.6. The van der Waals surface area contributed by atoms with Crippen molar-refractivity contribution in [2.24, 2.45) is 0 Å². The number of benzene rings is 1. The lowest BCUT2D eigenvalue weighted by Crippen LogP contribution is -2.36. The third-order valence-corrected chi connectivity index (χ3v) is 4.90. The molecule has 1 unspecified atom stereocenters. The summed E-state index contributed by atoms with van der Waals surface area (Å²) in [6.07, 6.45) is 7.04. The van der Waals surface area contributed by atoms with Gasteiger partial charge in [0.15, 0.2) is 0 Å². The van der Waals surface area contributed by atoms with E-state index in [1.807, 2.05) is 25.1 Å². The molecule has 1 aromatic heterocycles. The zero-order valence-corrected chi connectivity index (χ0v) is 15.4. The maximum absolute atomic E-state index is 12.5. The molecule has 0 radical (unpaired) electrons. The average Bonchev–Trinajstić information content (AvgIpc) is 2.69. The molecular formula is C20H24N4O3. The van der Waals surface area contributed by atoms with E-state index in [0.29, 0.717) is 11.3 Å². The van der Waals surface area contributed by atoms with Crippen molar-refractivity contribution in [1.82, 2.24) is 10.3 Å². The minimum absolute atomic E-state index is 0.117. The second-order valence-corrected chi connectivity index (χ2v) is 6.92. The third-order valence-electron chi connectivity index (χ3n) is 4.90. The summed E-state index contributed by atoms with van der Waals surface area (Å²) >= 11 is 0. The van der Waals surface area contributed by atoms with Gasteiger partial charge < -0.3 is 10.6 Å². The van der Waals surface area contributed by atoms with Gasteiger partial charge in [-0.25, -0.2) is 0 Å². The molecule has 2 N–H and O–H groups in total. The minimum atomic E-state index is -0.467. The van der Waals surface area contributed by atoms with E-state index in [4.69, 9.17) is 0 Å². The molecular weight excluding hydrogens is 344 g/mol. The van der Waals surface area contributed by atoms with Crippen LogP contribution in [0, 0.1) is 10.1 Å². The maximum atomic E-state index is 12.5. The number of hydrogen-bond acceptors (Lipinski definition) is 5. The number of hydrogen-bond donors (Lipinski definition) is 2. The lowest BCUT2D eigenvalue weighted by molar-refractivity contribution is -0.384. The van der Waals surface area contributed by atoms with Gasteiger partial charge in [0, 0.05) is 23.9 Å². The van der Waals surface area contributed by atoms with Gasteiger partial charge in [-0.15, -0.1) is 0 Å². The number of pyridine rings is 1. The molecule has 1 aliphatic carbocycles. The second kappa shape index (κ2) is 8.62. The molecule has 1 amide bonds. The number of carbonyl (C=O) groups excluding carboxylic acids is 1. The number of nitrogens with one attached hydrogen (secondary N) is 2. The summed E-state index contributed by atoms with van der Waals surface area (Å²) in [5.41, 5.74) is 1.34. The second-order valence-electron chi connectivity index (χ2n) is 6.92. The Morgan fingerprint density at radius 2 is 2.00 bits per heavy atom. The van der Waals surface area contributed by atoms with Gasteiger partial charge in [-0.3, -0.25) is 19.9 Å². The summed E-state index contributed by atoms with van der Waals surface area (Å²) in [5, 5.41) is 17.6. The fraction of sp³-hybridized carbons (Fsp3) is 0.400. The van der Waals surface area contributed by atoms with Crippen molar-refractivity contribution < 1.29 is 9.72 Å². The van der Waals surface area contributed by atoms with Gasteiger partial charge in [0.2, 0.25) is 0 Å². The normalized spacial score (nSPS) is 15.7. The number of anilines is 1. The number of nitrogens with zero attached hydrogens (tertiary/aromatic N) is 2. The number of aromatic nitrogens is 1. The van der Waals surface area contributed by atoms with Crippen LogP contribution in [-0.2, 0) is 0 Å². The number of amides is 1. The van der Waals surface area contributed by atoms with E-state index >= 15 is 0 Å². The predicted molar refractivity (Wildman–Crippen MR) is 104 cm³/mol. The molecule has 2 aromatic rings. The smallest absolute Gasteiger partial charge is 0.293 e. The quantitative estimate of drug-likeness (QED) is 0.587. The SMILES string of the molecule is CC(Nc1ccc(C(=O)NC2CCCCC2)cc1[N+](=O)[O-])c1ccccn1. The Bertz CT molecular complexity index is 804. The molecule has 7 heteroatoms. The van der Waals surface area contributed by atoms with Crippen LogP contribution in [0.1, 0.15) is 61.1 Å². The Hall–Kier alpha value is -2.96. The Morgan fingerprint density at radius 1 is 1.22 bits per heavy atom. The molecule has 1 saturated carbocycles. The van der Waals surface area contributed by atoms with Gasteiger partial charge in [0.25, 0.3) is 11.6 Å². The Balaban J connectivity index is 1.76. The highest BCUT2D eigenvalue weighted by Gasteiger charge is 2.21. The van der Waals surface area contributed by atoms with Gasteiger partial charge in [0.05, 0.1) is 16.7 Å². The van der Waals surface area contributed by atoms with E-state index in [0.717, 1.165) is 31.4 Å². The molecule has 1 aliphatic rings. The van der Waals surface area contributed by atoms with Gasteiger partial charge >= 0.3 is 0 Å². The largest absolute Gasteiger partial charge is 0.371 e. The summed E-state index contributed by atoms with van der Waals surface area (Å²) in [6, 6.07) is 10.1. The zero-order chi connectivity index (χ0) is 19.2. The fourth-order valence-corrected chi connectivity index (χ4v) is 3.40. The molecule has 0 bridgehead atoms. The van der Waals surface area contributed by atoms with Crippen molar-refractivity contribution in [3.05, 3.63) is 64.0 Å². The number of nitro benzene ring substituents is 1. The zero-order valence-electron chi connectivity index (χ0n) is 15.4. The molecule has 0 spiro atoms. The summed E-state index contributed by atoms with van der Waals surface area (Å²) < 4.78 is 0. The number of rotatable bonds is 6. The molecule has 1 aromatic carbocycles. The Morgan fingerprint density at radius 3 is 2.67 bits per heavy atom.